The van der Waals surface area contributed by atoms with Crippen LogP contribution in [0.5, 0.6) is 0 Å². The van der Waals surface area contributed by atoms with Crippen molar-refractivity contribution in [2.24, 2.45) is 0 Å². The molecule has 31 heavy (non-hydrogen) atoms. The van der Waals surface area contributed by atoms with Gasteiger partial charge in [-0.25, -0.2) is 18.2 Å². The zero-order chi connectivity index (χ0) is 21.8. The van der Waals surface area contributed by atoms with Crippen molar-refractivity contribution in [3.63, 3.8) is 0 Å². The van der Waals surface area contributed by atoms with Gasteiger partial charge in [-0.2, -0.15) is 5.10 Å². The molecule has 3 saturated heterocycles. The first-order chi connectivity index (χ1) is 14.8. The highest BCUT2D eigenvalue weighted by Crippen LogP contribution is 2.35. The second kappa shape index (κ2) is 7.33. The van der Waals surface area contributed by atoms with E-state index in [1.54, 1.807) is 13.1 Å². The lowest BCUT2D eigenvalue weighted by Gasteiger charge is -2.47. The van der Waals surface area contributed by atoms with E-state index in [4.69, 9.17) is 4.74 Å². The minimum absolute atomic E-state index is 0.154. The Labute approximate surface area is 177 Å². The van der Waals surface area contributed by atoms with Crippen LogP contribution in [-0.4, -0.2) is 40.5 Å². The lowest BCUT2D eigenvalue weighted by Crippen LogP contribution is -2.57. The summed E-state index contributed by atoms with van der Waals surface area (Å²) in [6.07, 6.45) is 4.91. The molecule has 6 nitrogen and oxygen atoms in total. The largest absolute Gasteiger partial charge is 0.377 e. The van der Waals surface area contributed by atoms with Gasteiger partial charge < -0.3 is 15.0 Å². The number of morpholine rings is 1. The van der Waals surface area contributed by atoms with Crippen LogP contribution in [0.25, 0.3) is 11.0 Å². The fourth-order valence-electron chi connectivity index (χ4n) is 4.32. The van der Waals surface area contributed by atoms with Gasteiger partial charge in [-0.15, -0.1) is 5.10 Å². The number of anilines is 2. The number of hydrogen-bond donors (Lipinski definition) is 1. The van der Waals surface area contributed by atoms with Crippen molar-refractivity contribution in [1.29, 1.82) is 0 Å². The number of nitrogens with one attached hydrogen (secondary N) is 1. The molecule has 6 rings (SSSR count). The van der Waals surface area contributed by atoms with Crippen molar-refractivity contribution in [3.05, 3.63) is 53.6 Å². The summed E-state index contributed by atoms with van der Waals surface area (Å²) >= 11 is 0. The van der Waals surface area contributed by atoms with E-state index in [1.807, 2.05) is 6.07 Å². The Morgan fingerprint density at radius 2 is 1.97 bits per heavy atom. The van der Waals surface area contributed by atoms with Gasteiger partial charge in [-0.1, -0.05) is 18.2 Å². The highest BCUT2D eigenvalue weighted by Gasteiger charge is 2.38. The minimum Gasteiger partial charge on any atom is -0.377 e. The van der Waals surface area contributed by atoms with Crippen LogP contribution in [0, 0.1) is 5.82 Å². The van der Waals surface area contributed by atoms with Crippen LogP contribution < -0.4 is 10.2 Å². The molecule has 2 unspecified atom stereocenters. The Morgan fingerprint density at radius 3 is 2.68 bits per heavy atom. The Morgan fingerprint density at radius 1 is 1.23 bits per heavy atom. The number of pyridine rings is 1. The molecule has 3 fully saturated rings. The summed E-state index contributed by atoms with van der Waals surface area (Å²) in [7, 11) is 0. The summed E-state index contributed by atoms with van der Waals surface area (Å²) in [5.74, 6) is -4.17. The highest BCUT2D eigenvalue weighted by atomic mass is 19.3. The van der Waals surface area contributed by atoms with E-state index in [-0.39, 0.29) is 17.8 Å². The maximum absolute atomic E-state index is 14.8. The van der Waals surface area contributed by atoms with Gasteiger partial charge in [0.2, 0.25) is 0 Å². The monoisotopic (exact) mass is 429 g/mol. The first kappa shape index (κ1) is 20.0. The van der Waals surface area contributed by atoms with Gasteiger partial charge in [0.1, 0.15) is 5.82 Å². The molecule has 0 spiro atoms. The Bertz CT molecular complexity index is 1120. The third-order valence-corrected chi connectivity index (χ3v) is 5.95. The van der Waals surface area contributed by atoms with Gasteiger partial charge in [-0.05, 0) is 13.0 Å². The lowest BCUT2D eigenvalue weighted by molar-refractivity contribution is -0.133. The van der Waals surface area contributed by atoms with Crippen LogP contribution in [-0.2, 0) is 10.7 Å². The van der Waals surface area contributed by atoms with Crippen molar-refractivity contribution >= 4 is 22.4 Å². The van der Waals surface area contributed by atoms with Crippen molar-refractivity contribution in [2.45, 2.75) is 44.4 Å². The van der Waals surface area contributed by atoms with Gasteiger partial charge in [0.05, 0.1) is 47.6 Å². The second-order valence-corrected chi connectivity index (χ2v) is 8.31. The van der Waals surface area contributed by atoms with Crippen LogP contribution in [0.3, 0.4) is 0 Å². The number of ether oxygens (including phenoxy) is 1. The molecule has 3 aliphatic rings. The maximum Gasteiger partial charge on any atom is 0.273 e. The van der Waals surface area contributed by atoms with Gasteiger partial charge in [0, 0.05) is 37.4 Å². The number of aromatic nitrogens is 3. The Balaban J connectivity index is 1.46. The van der Waals surface area contributed by atoms with Gasteiger partial charge in [0.25, 0.3) is 5.92 Å². The van der Waals surface area contributed by atoms with Gasteiger partial charge >= 0.3 is 0 Å². The molecule has 0 saturated carbocycles. The molecule has 162 valence electrons. The number of benzene rings is 1. The molecule has 3 atom stereocenters. The first-order valence-corrected chi connectivity index (χ1v) is 10.2. The molecule has 2 bridgehead atoms. The molecule has 0 radical (unpaired) electrons. The normalized spacial score (nSPS) is 21.6. The Kier molecular flexibility index (Phi) is 4.73. The molecule has 0 amide bonds. The van der Waals surface area contributed by atoms with Crippen LogP contribution in [0.15, 0.2) is 36.7 Å². The number of nitrogens with zero attached hydrogens (tertiary/aromatic N) is 4. The van der Waals surface area contributed by atoms with Crippen molar-refractivity contribution in [1.82, 2.24) is 15.2 Å². The minimum atomic E-state index is -3.26. The third-order valence-electron chi connectivity index (χ3n) is 5.95. The van der Waals surface area contributed by atoms with E-state index in [0.717, 1.165) is 36.7 Å². The van der Waals surface area contributed by atoms with Crippen molar-refractivity contribution in [3.8, 4) is 0 Å². The smallest absolute Gasteiger partial charge is 0.273 e. The van der Waals surface area contributed by atoms with E-state index in [1.165, 1.54) is 18.3 Å². The van der Waals surface area contributed by atoms with Gasteiger partial charge in [-0.3, -0.25) is 0 Å². The maximum atomic E-state index is 14.8. The lowest BCUT2D eigenvalue weighted by atomic mass is 9.98. The summed E-state index contributed by atoms with van der Waals surface area (Å²) in [6.45, 7) is 4.03. The zero-order valence-electron chi connectivity index (χ0n) is 17.1. The molecule has 2 aromatic heterocycles. The predicted octanol–water partition coefficient (Wildman–Crippen LogP) is 4.43. The van der Waals surface area contributed by atoms with E-state index < -0.39 is 23.3 Å². The number of piperidine rings is 1. The van der Waals surface area contributed by atoms with Crippen LogP contribution in [0.2, 0.25) is 0 Å². The quantitative estimate of drug-likeness (QED) is 0.648. The molecule has 3 aromatic rings. The van der Waals surface area contributed by atoms with E-state index in [9.17, 15) is 13.2 Å². The van der Waals surface area contributed by atoms with E-state index >= 15 is 0 Å². The molecular weight excluding hydrogens is 407 g/mol. The first-order valence-electron chi connectivity index (χ1n) is 10.2. The number of halogens is 3. The molecule has 3 aliphatic heterocycles. The SMILES string of the molecule is C[C@@H](Nc1cnnc2ncc(N3CC4CC(C3)O4)cc12)c1cccc(C(C)(F)F)c1F. The van der Waals surface area contributed by atoms with Gasteiger partial charge in [0.15, 0.2) is 5.65 Å². The number of hydrogen-bond acceptors (Lipinski definition) is 6. The second-order valence-electron chi connectivity index (χ2n) is 8.31. The molecule has 5 heterocycles. The zero-order valence-corrected chi connectivity index (χ0v) is 17.1. The fraction of sp³-hybridized carbons (Fsp3) is 0.409. The van der Waals surface area contributed by atoms with Crippen molar-refractivity contribution < 1.29 is 17.9 Å². The number of fused-ring (bicyclic) bond motifs is 3. The summed E-state index contributed by atoms with van der Waals surface area (Å²) < 4.78 is 48.0. The number of rotatable bonds is 5. The third kappa shape index (κ3) is 3.67. The predicted molar refractivity (Wildman–Crippen MR) is 111 cm³/mol. The van der Waals surface area contributed by atoms with E-state index in [0.29, 0.717) is 18.3 Å². The fourth-order valence-corrected chi connectivity index (χ4v) is 4.32. The van der Waals surface area contributed by atoms with Crippen LogP contribution in [0.4, 0.5) is 24.5 Å². The average Bonchev–Trinajstić information content (AvgIpc) is 2.72. The van der Waals surface area contributed by atoms with Crippen LogP contribution >= 0.6 is 0 Å². The highest BCUT2D eigenvalue weighted by molar-refractivity contribution is 5.90. The molecular formula is C22H22F3N5O. The van der Waals surface area contributed by atoms with Crippen LogP contribution in [0.1, 0.15) is 37.4 Å². The Hall–Kier alpha value is -2.94. The van der Waals surface area contributed by atoms with Crippen molar-refractivity contribution in [2.75, 3.05) is 23.3 Å². The topological polar surface area (TPSA) is 63.2 Å². The number of alkyl halides is 2. The van der Waals surface area contributed by atoms with E-state index in [2.05, 4.69) is 25.4 Å². The summed E-state index contributed by atoms with van der Waals surface area (Å²) in [5.41, 5.74) is 1.55. The molecule has 1 aromatic carbocycles. The summed E-state index contributed by atoms with van der Waals surface area (Å²) in [4.78, 5) is 6.66. The molecule has 0 aliphatic carbocycles. The standard InChI is InChI=1S/C22H22F3N5O/c1-12(16-4-3-5-18(20(16)23)22(2,24)25)28-19-9-27-29-21-17(19)6-13(8-26-21)30-10-14-7-15(11-30)31-14/h3-6,8-9,12,14-15H,7,10-11H2,1-2H3,(H,26,28,29)/t12-,14?,15?/m1/s1. The molecule has 1 N–H and O–H groups in total. The molecule has 9 heteroatoms. The summed E-state index contributed by atoms with van der Waals surface area (Å²) in [6, 6.07) is 5.45. The average molecular weight is 429 g/mol. The summed E-state index contributed by atoms with van der Waals surface area (Å²) in [5, 5.41) is 12.0.